The molecular formula is C20H22ClFO5. The Morgan fingerprint density at radius 3 is 2.41 bits per heavy atom. The van der Waals surface area contributed by atoms with Crippen LogP contribution in [0, 0.1) is 12.7 Å². The van der Waals surface area contributed by atoms with E-state index in [0.29, 0.717) is 21.7 Å². The maximum atomic E-state index is 14.2. The van der Waals surface area contributed by atoms with Gasteiger partial charge in [-0.3, -0.25) is 0 Å². The van der Waals surface area contributed by atoms with Gasteiger partial charge in [-0.2, -0.15) is 0 Å². The van der Waals surface area contributed by atoms with Crippen LogP contribution in [0.2, 0.25) is 5.02 Å². The average Bonchev–Trinajstić information content (AvgIpc) is 2.64. The summed E-state index contributed by atoms with van der Waals surface area (Å²) in [6.07, 6.45) is -5.98. The first-order valence-electron chi connectivity index (χ1n) is 8.65. The van der Waals surface area contributed by atoms with Crippen LogP contribution in [0.3, 0.4) is 0 Å². The maximum Gasteiger partial charge on any atom is 0.126 e. The van der Waals surface area contributed by atoms with E-state index in [1.54, 1.807) is 31.2 Å². The van der Waals surface area contributed by atoms with E-state index < -0.39 is 37.1 Å². The molecule has 0 spiro atoms. The van der Waals surface area contributed by atoms with E-state index in [9.17, 15) is 24.8 Å². The van der Waals surface area contributed by atoms with Crippen molar-refractivity contribution < 1.29 is 29.6 Å². The van der Waals surface area contributed by atoms with Gasteiger partial charge in [-0.1, -0.05) is 35.9 Å². The van der Waals surface area contributed by atoms with Gasteiger partial charge < -0.3 is 25.2 Å². The molecule has 0 radical (unpaired) electrons. The number of hydrogen-bond acceptors (Lipinski definition) is 5. The van der Waals surface area contributed by atoms with Crippen LogP contribution in [-0.2, 0) is 11.2 Å². The highest BCUT2D eigenvalue weighted by Gasteiger charge is 2.44. The van der Waals surface area contributed by atoms with Crippen molar-refractivity contribution in [3.05, 3.63) is 69.5 Å². The molecule has 1 fully saturated rings. The van der Waals surface area contributed by atoms with Crippen molar-refractivity contribution in [2.24, 2.45) is 0 Å². The van der Waals surface area contributed by atoms with Gasteiger partial charge in [0.1, 0.15) is 36.3 Å². The molecular weight excluding hydrogens is 375 g/mol. The van der Waals surface area contributed by atoms with Crippen LogP contribution >= 0.6 is 11.6 Å². The first-order valence-corrected chi connectivity index (χ1v) is 9.03. The number of aliphatic hydroxyl groups excluding tert-OH is 4. The van der Waals surface area contributed by atoms with Gasteiger partial charge in [0, 0.05) is 11.4 Å². The van der Waals surface area contributed by atoms with Crippen molar-refractivity contribution in [3.63, 3.8) is 0 Å². The van der Waals surface area contributed by atoms with Gasteiger partial charge in [-0.05, 0) is 41.3 Å². The Morgan fingerprint density at radius 1 is 1.00 bits per heavy atom. The van der Waals surface area contributed by atoms with Crippen molar-refractivity contribution in [1.82, 2.24) is 0 Å². The summed E-state index contributed by atoms with van der Waals surface area (Å²) in [5, 5.41) is 40.0. The van der Waals surface area contributed by atoms with Crippen LogP contribution < -0.4 is 0 Å². The molecule has 7 heteroatoms. The second kappa shape index (κ2) is 8.22. The Hall–Kier alpha value is -1.54. The number of hydrogen-bond donors (Lipinski definition) is 4. The lowest BCUT2D eigenvalue weighted by molar-refractivity contribution is -0.231. The van der Waals surface area contributed by atoms with Gasteiger partial charge in [-0.25, -0.2) is 4.39 Å². The van der Waals surface area contributed by atoms with E-state index >= 15 is 0 Å². The van der Waals surface area contributed by atoms with Crippen molar-refractivity contribution in [2.75, 3.05) is 6.61 Å². The van der Waals surface area contributed by atoms with E-state index in [4.69, 9.17) is 16.3 Å². The molecule has 3 rings (SSSR count). The summed E-state index contributed by atoms with van der Waals surface area (Å²) in [6, 6.07) is 9.87. The fourth-order valence-corrected chi connectivity index (χ4v) is 3.47. The largest absolute Gasteiger partial charge is 0.394 e. The Bertz CT molecular complexity index is 813. The summed E-state index contributed by atoms with van der Waals surface area (Å²) in [6.45, 7) is 1.30. The van der Waals surface area contributed by atoms with E-state index in [2.05, 4.69) is 0 Å². The second-order valence-corrected chi connectivity index (χ2v) is 7.28. The molecule has 146 valence electrons. The van der Waals surface area contributed by atoms with Gasteiger partial charge in [0.25, 0.3) is 0 Å². The molecule has 0 bridgehead atoms. The summed E-state index contributed by atoms with van der Waals surface area (Å²) >= 11 is 6.26. The van der Waals surface area contributed by atoms with Crippen LogP contribution in [0.4, 0.5) is 4.39 Å². The normalized spacial score (nSPS) is 28.3. The smallest absolute Gasteiger partial charge is 0.126 e. The summed E-state index contributed by atoms with van der Waals surface area (Å²) in [5.74, 6) is -0.329. The number of aliphatic hydroxyl groups is 4. The van der Waals surface area contributed by atoms with Crippen molar-refractivity contribution >= 4 is 11.6 Å². The molecule has 2 aromatic rings. The monoisotopic (exact) mass is 396 g/mol. The van der Waals surface area contributed by atoms with Gasteiger partial charge in [0.2, 0.25) is 0 Å². The SMILES string of the molecule is Cc1ccc(Cc2cc([C@@H]3O[C@H](CO)[C@@H](O)[C@H](O)[C@H]3O)ccc2Cl)c(F)c1. The topological polar surface area (TPSA) is 90.2 Å². The molecule has 1 saturated heterocycles. The fourth-order valence-electron chi connectivity index (χ4n) is 3.29. The minimum Gasteiger partial charge on any atom is -0.394 e. The molecule has 4 N–H and O–H groups in total. The minimum absolute atomic E-state index is 0.246. The third kappa shape index (κ3) is 4.16. The van der Waals surface area contributed by atoms with Crippen LogP contribution in [0.1, 0.15) is 28.4 Å². The summed E-state index contributed by atoms with van der Waals surface area (Å²) < 4.78 is 19.8. The number of halogens is 2. The lowest BCUT2D eigenvalue weighted by Crippen LogP contribution is -2.55. The van der Waals surface area contributed by atoms with Gasteiger partial charge in [-0.15, -0.1) is 0 Å². The van der Waals surface area contributed by atoms with Crippen molar-refractivity contribution in [2.45, 2.75) is 43.9 Å². The number of rotatable bonds is 4. The van der Waals surface area contributed by atoms with Gasteiger partial charge in [0.15, 0.2) is 0 Å². The molecule has 27 heavy (non-hydrogen) atoms. The second-order valence-electron chi connectivity index (χ2n) is 6.87. The number of ether oxygens (including phenoxy) is 1. The molecule has 5 atom stereocenters. The molecule has 1 aliphatic rings. The molecule has 0 amide bonds. The average molecular weight is 397 g/mol. The lowest BCUT2D eigenvalue weighted by Gasteiger charge is -2.40. The zero-order valence-electron chi connectivity index (χ0n) is 14.7. The molecule has 0 saturated carbocycles. The summed E-state index contributed by atoms with van der Waals surface area (Å²) in [5.41, 5.74) is 2.44. The minimum atomic E-state index is -1.46. The predicted molar refractivity (Wildman–Crippen MR) is 98.1 cm³/mol. The van der Waals surface area contributed by atoms with E-state index in [-0.39, 0.29) is 12.2 Å². The summed E-state index contributed by atoms with van der Waals surface area (Å²) in [7, 11) is 0. The van der Waals surface area contributed by atoms with Crippen LogP contribution in [0.15, 0.2) is 36.4 Å². The summed E-state index contributed by atoms with van der Waals surface area (Å²) in [4.78, 5) is 0. The third-order valence-corrected chi connectivity index (χ3v) is 5.25. The van der Waals surface area contributed by atoms with E-state index in [1.807, 2.05) is 6.07 Å². The Labute approximate surface area is 161 Å². The molecule has 0 aromatic heterocycles. The lowest BCUT2D eigenvalue weighted by atomic mass is 9.90. The fraction of sp³-hybridized carbons (Fsp3) is 0.400. The quantitative estimate of drug-likeness (QED) is 0.633. The van der Waals surface area contributed by atoms with Gasteiger partial charge >= 0.3 is 0 Å². The van der Waals surface area contributed by atoms with Crippen molar-refractivity contribution in [3.8, 4) is 0 Å². The van der Waals surface area contributed by atoms with Gasteiger partial charge in [0.05, 0.1) is 6.61 Å². The first-order chi connectivity index (χ1) is 12.8. The number of benzene rings is 2. The Morgan fingerprint density at radius 2 is 1.74 bits per heavy atom. The molecule has 0 unspecified atom stereocenters. The van der Waals surface area contributed by atoms with E-state index in [1.165, 1.54) is 6.07 Å². The zero-order chi connectivity index (χ0) is 19.7. The van der Waals surface area contributed by atoms with E-state index in [0.717, 1.165) is 5.56 Å². The molecule has 0 aliphatic carbocycles. The third-order valence-electron chi connectivity index (χ3n) is 4.88. The highest BCUT2D eigenvalue weighted by atomic mass is 35.5. The standard InChI is InChI=1S/C20H22ClFO5/c1-10-2-3-11(15(22)6-10)7-13-8-12(4-5-14(13)21)20-19(26)18(25)17(24)16(9-23)27-20/h2-6,8,16-20,23-26H,7,9H2,1H3/t16-,17-,18+,19-,20+/m1/s1. The first kappa shape index (κ1) is 20.2. The maximum absolute atomic E-state index is 14.2. The van der Waals surface area contributed by atoms with Crippen molar-refractivity contribution in [1.29, 1.82) is 0 Å². The molecule has 2 aromatic carbocycles. The highest BCUT2D eigenvalue weighted by molar-refractivity contribution is 6.31. The van der Waals surface area contributed by atoms with Crippen LogP contribution in [0.25, 0.3) is 0 Å². The highest BCUT2D eigenvalue weighted by Crippen LogP contribution is 2.34. The molecule has 1 aliphatic heterocycles. The predicted octanol–water partition coefficient (Wildman–Crippen LogP) is 1.89. The zero-order valence-corrected chi connectivity index (χ0v) is 15.5. The van der Waals surface area contributed by atoms with Crippen LogP contribution in [-0.4, -0.2) is 51.4 Å². The molecule has 5 nitrogen and oxygen atoms in total. The molecule has 1 heterocycles. The Balaban J connectivity index is 1.90. The Kier molecular flexibility index (Phi) is 6.15. The number of aryl methyl sites for hydroxylation is 1. The van der Waals surface area contributed by atoms with Crippen LogP contribution in [0.5, 0.6) is 0 Å².